The van der Waals surface area contributed by atoms with Gasteiger partial charge < -0.3 is 10.2 Å². The summed E-state index contributed by atoms with van der Waals surface area (Å²) in [5, 5.41) is 21.4. The van der Waals surface area contributed by atoms with Gasteiger partial charge in [0.05, 0.1) is 11.1 Å². The smallest absolute Gasteiger partial charge is 0.124 e. The molecule has 0 unspecified atom stereocenters. The molecule has 0 amide bonds. The fraction of sp³-hybridized carbons (Fsp3) is 0.200. The van der Waals surface area contributed by atoms with E-state index in [1.54, 1.807) is 12.1 Å². The standard InChI is InChI=1S/C40H40N2O2.Zn/c1-27(35-25-31(17-23-37(35)43)29-13-9-7-10-14-29)41-39(3,4)33-19-21-34(22-20-33)40(5,6)42-28(2)36-26-32(18-24-38(36)44)30-15-11-8-12-16-30;/h7-26,43-44H,1-6H3;. The predicted molar refractivity (Wildman–Crippen MR) is 184 cm³/mol. The molecule has 0 bridgehead atoms. The summed E-state index contributed by atoms with van der Waals surface area (Å²) >= 11 is 0. The summed E-state index contributed by atoms with van der Waals surface area (Å²) < 4.78 is 0. The number of rotatable bonds is 8. The summed E-state index contributed by atoms with van der Waals surface area (Å²) in [6.07, 6.45) is 0. The summed E-state index contributed by atoms with van der Waals surface area (Å²) in [6, 6.07) is 40.0. The maximum absolute atomic E-state index is 10.7. The molecule has 0 fully saturated rings. The van der Waals surface area contributed by atoms with E-state index < -0.39 is 11.1 Å². The first-order valence-electron chi connectivity index (χ1n) is 15.0. The Kier molecular flexibility index (Phi) is 10.3. The number of hydrogen-bond acceptors (Lipinski definition) is 4. The topological polar surface area (TPSA) is 65.2 Å². The molecule has 0 aliphatic rings. The van der Waals surface area contributed by atoms with Crippen LogP contribution in [0.2, 0.25) is 0 Å². The van der Waals surface area contributed by atoms with Crippen LogP contribution in [0, 0.1) is 0 Å². The van der Waals surface area contributed by atoms with Crippen LogP contribution in [-0.4, -0.2) is 21.6 Å². The van der Waals surface area contributed by atoms with Gasteiger partial charge in [0.2, 0.25) is 0 Å². The molecule has 0 spiro atoms. The molecule has 5 rings (SSSR count). The molecule has 0 radical (unpaired) electrons. The Labute approximate surface area is 280 Å². The Bertz CT molecular complexity index is 1690. The van der Waals surface area contributed by atoms with Crippen LogP contribution in [0.4, 0.5) is 0 Å². The fourth-order valence-corrected chi connectivity index (χ4v) is 5.65. The molecule has 5 heteroatoms. The zero-order valence-electron chi connectivity index (χ0n) is 27.0. The van der Waals surface area contributed by atoms with E-state index in [-0.39, 0.29) is 31.0 Å². The molecule has 0 aromatic heterocycles. The molecule has 4 nitrogen and oxygen atoms in total. The Balaban J connectivity index is 0.00000461. The van der Waals surface area contributed by atoms with Gasteiger partial charge in [-0.15, -0.1) is 0 Å². The van der Waals surface area contributed by atoms with Gasteiger partial charge in [0.1, 0.15) is 11.5 Å². The van der Waals surface area contributed by atoms with Gasteiger partial charge in [0.15, 0.2) is 0 Å². The molecule has 5 aromatic carbocycles. The van der Waals surface area contributed by atoms with E-state index in [9.17, 15) is 10.2 Å². The summed E-state index contributed by atoms with van der Waals surface area (Å²) in [7, 11) is 0. The third-order valence-corrected chi connectivity index (χ3v) is 8.18. The van der Waals surface area contributed by atoms with Crippen molar-refractivity contribution in [3.8, 4) is 33.8 Å². The summed E-state index contributed by atoms with van der Waals surface area (Å²) in [5.41, 5.74) is 8.32. The van der Waals surface area contributed by atoms with Crippen molar-refractivity contribution < 1.29 is 29.7 Å². The molecule has 5 aromatic rings. The zero-order chi connectivity index (χ0) is 31.5. The Morgan fingerprint density at radius 2 is 0.800 bits per heavy atom. The van der Waals surface area contributed by atoms with E-state index in [4.69, 9.17) is 9.98 Å². The van der Waals surface area contributed by atoms with Crippen LogP contribution in [0.3, 0.4) is 0 Å². The number of nitrogens with zero attached hydrogens (tertiary/aromatic N) is 2. The minimum absolute atomic E-state index is 0. The second-order valence-electron chi connectivity index (χ2n) is 12.3. The van der Waals surface area contributed by atoms with Crippen molar-refractivity contribution in [2.45, 2.75) is 52.6 Å². The molecule has 0 saturated heterocycles. The zero-order valence-corrected chi connectivity index (χ0v) is 30.0. The molecule has 0 saturated carbocycles. The van der Waals surface area contributed by atoms with Crippen molar-refractivity contribution in [1.82, 2.24) is 0 Å². The van der Waals surface area contributed by atoms with Crippen LogP contribution in [0.15, 0.2) is 131 Å². The van der Waals surface area contributed by atoms with Gasteiger partial charge in [0.25, 0.3) is 0 Å². The number of aromatic hydroxyl groups is 2. The fourth-order valence-electron chi connectivity index (χ4n) is 5.65. The largest absolute Gasteiger partial charge is 0.507 e. The molecular weight excluding hydrogens is 606 g/mol. The second kappa shape index (κ2) is 13.8. The molecule has 224 valence electrons. The minimum atomic E-state index is -0.523. The first kappa shape index (κ1) is 33.6. The van der Waals surface area contributed by atoms with Gasteiger partial charge in [-0.25, -0.2) is 0 Å². The molecule has 2 N–H and O–H groups in total. The Hall–Kier alpha value is -4.34. The first-order valence-corrected chi connectivity index (χ1v) is 15.0. The van der Waals surface area contributed by atoms with Crippen LogP contribution in [0.25, 0.3) is 22.3 Å². The van der Waals surface area contributed by atoms with Crippen LogP contribution >= 0.6 is 0 Å². The van der Waals surface area contributed by atoms with Crippen molar-refractivity contribution in [2.75, 3.05) is 0 Å². The average Bonchev–Trinajstić information content (AvgIpc) is 3.02. The summed E-state index contributed by atoms with van der Waals surface area (Å²) in [4.78, 5) is 10.1. The van der Waals surface area contributed by atoms with Crippen LogP contribution in [0.5, 0.6) is 11.5 Å². The third-order valence-electron chi connectivity index (χ3n) is 8.18. The second-order valence-corrected chi connectivity index (χ2v) is 12.3. The summed E-state index contributed by atoms with van der Waals surface area (Å²) in [6.45, 7) is 12.2. The van der Waals surface area contributed by atoms with Crippen LogP contribution < -0.4 is 0 Å². The van der Waals surface area contributed by atoms with Crippen LogP contribution in [-0.2, 0) is 30.6 Å². The van der Waals surface area contributed by atoms with Gasteiger partial charge >= 0.3 is 0 Å². The number of phenolic OH excluding ortho intramolecular Hbond substituents is 2. The minimum Gasteiger partial charge on any atom is -0.507 e. The molecule has 0 atom stereocenters. The molecular formula is C40H40N2O2Zn. The van der Waals surface area contributed by atoms with Crippen molar-refractivity contribution in [2.24, 2.45) is 9.98 Å². The van der Waals surface area contributed by atoms with E-state index in [0.29, 0.717) is 0 Å². The number of hydrogen-bond donors (Lipinski definition) is 2. The third kappa shape index (κ3) is 7.67. The van der Waals surface area contributed by atoms with Gasteiger partial charge in [0, 0.05) is 42.0 Å². The average molecular weight is 646 g/mol. The number of benzene rings is 5. The van der Waals surface area contributed by atoms with E-state index in [1.807, 2.05) is 74.5 Å². The molecule has 45 heavy (non-hydrogen) atoms. The van der Waals surface area contributed by atoms with Crippen molar-refractivity contribution in [1.29, 1.82) is 0 Å². The summed E-state index contributed by atoms with van der Waals surface area (Å²) in [5.74, 6) is 0.430. The van der Waals surface area contributed by atoms with E-state index in [1.165, 1.54) is 0 Å². The van der Waals surface area contributed by atoms with E-state index >= 15 is 0 Å². The normalized spacial score (nSPS) is 12.5. The van der Waals surface area contributed by atoms with Gasteiger partial charge in [-0.2, -0.15) is 0 Å². The SMILES string of the molecule is CC(=NC(C)(C)c1ccc(C(C)(C)N=C(C)c2cc(-c3ccccc3)ccc2O)cc1)c1cc(-c2ccccc2)ccc1O.[Zn]. The maximum atomic E-state index is 10.7. The van der Waals surface area contributed by atoms with Crippen molar-refractivity contribution >= 4 is 11.4 Å². The monoisotopic (exact) mass is 644 g/mol. The molecule has 0 aliphatic carbocycles. The van der Waals surface area contributed by atoms with Gasteiger partial charge in [-0.05, 0) is 99.2 Å². The predicted octanol–water partition coefficient (Wildman–Crippen LogP) is 9.92. The van der Waals surface area contributed by atoms with Crippen molar-refractivity contribution in [3.63, 3.8) is 0 Å². The van der Waals surface area contributed by atoms with E-state index in [0.717, 1.165) is 55.9 Å². The van der Waals surface area contributed by atoms with Gasteiger partial charge in [-0.3, -0.25) is 9.98 Å². The maximum Gasteiger partial charge on any atom is 0.124 e. The first-order chi connectivity index (χ1) is 20.9. The Morgan fingerprint density at radius 1 is 0.467 bits per heavy atom. The Morgan fingerprint density at radius 3 is 1.13 bits per heavy atom. The van der Waals surface area contributed by atoms with Crippen molar-refractivity contribution in [3.05, 3.63) is 144 Å². The molecule has 0 aliphatic heterocycles. The van der Waals surface area contributed by atoms with Crippen LogP contribution in [0.1, 0.15) is 63.8 Å². The number of aliphatic imine (C=N–C) groups is 2. The van der Waals surface area contributed by atoms with Gasteiger partial charge in [-0.1, -0.05) is 97.1 Å². The molecule has 0 heterocycles. The number of phenols is 2. The quantitative estimate of drug-likeness (QED) is 0.130. The van der Waals surface area contributed by atoms with E-state index in [2.05, 4.69) is 76.2 Å².